The number of aromatic nitrogens is 1. The van der Waals surface area contributed by atoms with Crippen LogP contribution in [0.3, 0.4) is 0 Å². The van der Waals surface area contributed by atoms with Crippen LogP contribution in [0.15, 0.2) is 24.3 Å². The molecule has 18 heavy (non-hydrogen) atoms. The Kier molecular flexibility index (Phi) is 3.22. The number of nitrogens with zero attached hydrogens (tertiary/aromatic N) is 2. The van der Waals surface area contributed by atoms with Crippen molar-refractivity contribution in [2.75, 3.05) is 25.0 Å². The molecule has 96 valence electrons. The third kappa shape index (κ3) is 2.10. The third-order valence-electron chi connectivity index (χ3n) is 3.82. The fraction of sp³-hybridized carbons (Fsp3) is 0.500. The van der Waals surface area contributed by atoms with Gasteiger partial charge in [0, 0.05) is 13.1 Å². The van der Waals surface area contributed by atoms with Gasteiger partial charge in [0.2, 0.25) is 0 Å². The van der Waals surface area contributed by atoms with Crippen molar-refractivity contribution in [2.45, 2.75) is 19.4 Å². The maximum absolute atomic E-state index is 4.75. The number of hydrogen-bond donors (Lipinski definition) is 1. The van der Waals surface area contributed by atoms with Crippen molar-refractivity contribution in [1.29, 1.82) is 0 Å². The summed E-state index contributed by atoms with van der Waals surface area (Å²) in [6.45, 7) is 4.55. The Morgan fingerprint density at radius 2 is 2.22 bits per heavy atom. The summed E-state index contributed by atoms with van der Waals surface area (Å²) in [5.74, 6) is 0.677. The number of para-hydroxylation sites is 1. The maximum Gasteiger partial charge on any atom is 0.186 e. The lowest BCUT2D eigenvalue weighted by molar-refractivity contribution is 0.339. The van der Waals surface area contributed by atoms with Gasteiger partial charge in [0.25, 0.3) is 0 Å². The van der Waals surface area contributed by atoms with Gasteiger partial charge in [-0.05, 0) is 37.6 Å². The number of hydrogen-bond acceptors (Lipinski definition) is 4. The van der Waals surface area contributed by atoms with Gasteiger partial charge in [-0.15, -0.1) is 0 Å². The number of fused-ring (bicyclic) bond motifs is 1. The zero-order valence-corrected chi connectivity index (χ0v) is 11.7. The van der Waals surface area contributed by atoms with Crippen LogP contribution in [0.25, 0.3) is 10.2 Å². The molecule has 3 nitrogen and oxygen atoms in total. The third-order valence-corrected chi connectivity index (χ3v) is 4.95. The van der Waals surface area contributed by atoms with Crippen molar-refractivity contribution >= 4 is 26.7 Å². The number of thiazole rings is 1. The smallest absolute Gasteiger partial charge is 0.186 e. The van der Waals surface area contributed by atoms with Crippen LogP contribution < -0.4 is 10.2 Å². The largest absolute Gasteiger partial charge is 0.348 e. The lowest BCUT2D eigenvalue weighted by Crippen LogP contribution is -2.47. The first-order chi connectivity index (χ1) is 8.75. The zero-order valence-electron chi connectivity index (χ0n) is 10.9. The fourth-order valence-corrected chi connectivity index (χ4v) is 3.71. The Morgan fingerprint density at radius 1 is 1.39 bits per heavy atom. The molecular formula is C14H19N3S. The highest BCUT2D eigenvalue weighted by atomic mass is 32.1. The van der Waals surface area contributed by atoms with Gasteiger partial charge < -0.3 is 10.2 Å². The summed E-state index contributed by atoms with van der Waals surface area (Å²) in [7, 11) is 2.18. The van der Waals surface area contributed by atoms with E-state index < -0.39 is 0 Å². The quantitative estimate of drug-likeness (QED) is 0.901. The van der Waals surface area contributed by atoms with Gasteiger partial charge in [0.1, 0.15) is 0 Å². The predicted molar refractivity (Wildman–Crippen MR) is 78.5 cm³/mol. The van der Waals surface area contributed by atoms with E-state index in [2.05, 4.69) is 48.5 Å². The monoisotopic (exact) mass is 261 g/mol. The Hall–Kier alpha value is -1.13. The molecule has 0 amide bonds. The number of anilines is 1. The van der Waals surface area contributed by atoms with E-state index in [0.29, 0.717) is 12.0 Å². The molecule has 0 spiro atoms. The van der Waals surface area contributed by atoms with E-state index in [1.807, 2.05) is 0 Å². The van der Waals surface area contributed by atoms with Gasteiger partial charge in [0.15, 0.2) is 5.13 Å². The van der Waals surface area contributed by atoms with Crippen LogP contribution in [0.2, 0.25) is 0 Å². The lowest BCUT2D eigenvalue weighted by Gasteiger charge is -2.36. The van der Waals surface area contributed by atoms with Crippen molar-refractivity contribution in [1.82, 2.24) is 10.3 Å². The van der Waals surface area contributed by atoms with Gasteiger partial charge in [0.05, 0.1) is 10.2 Å². The van der Waals surface area contributed by atoms with Crippen LogP contribution in [0.4, 0.5) is 5.13 Å². The minimum absolute atomic E-state index is 0.604. The minimum atomic E-state index is 0.604. The topological polar surface area (TPSA) is 28.2 Å². The normalized spacial score (nSPS) is 24.3. The molecule has 1 aromatic carbocycles. The molecule has 1 saturated heterocycles. The summed E-state index contributed by atoms with van der Waals surface area (Å²) in [6.07, 6.45) is 1.20. The molecule has 1 aliphatic rings. The average molecular weight is 261 g/mol. The van der Waals surface area contributed by atoms with E-state index in [-0.39, 0.29) is 0 Å². The highest BCUT2D eigenvalue weighted by Gasteiger charge is 2.26. The number of piperidine rings is 1. The summed E-state index contributed by atoms with van der Waals surface area (Å²) in [5, 5.41) is 4.60. The lowest BCUT2D eigenvalue weighted by atomic mass is 9.94. The minimum Gasteiger partial charge on any atom is -0.348 e. The van der Waals surface area contributed by atoms with E-state index in [1.54, 1.807) is 11.3 Å². The second-order valence-electron chi connectivity index (χ2n) is 5.11. The Bertz CT molecular complexity index is 504. The summed E-state index contributed by atoms with van der Waals surface area (Å²) >= 11 is 1.80. The molecular weight excluding hydrogens is 242 g/mol. The summed E-state index contributed by atoms with van der Waals surface area (Å²) in [6, 6.07) is 8.98. The van der Waals surface area contributed by atoms with E-state index >= 15 is 0 Å². The Labute approximate surface area is 112 Å². The van der Waals surface area contributed by atoms with Gasteiger partial charge >= 0.3 is 0 Å². The Morgan fingerprint density at radius 3 is 3.00 bits per heavy atom. The van der Waals surface area contributed by atoms with E-state index in [4.69, 9.17) is 4.98 Å². The maximum atomic E-state index is 4.75. The van der Waals surface area contributed by atoms with Crippen LogP contribution in [0.1, 0.15) is 13.3 Å². The molecule has 2 atom stereocenters. The first kappa shape index (κ1) is 11.9. The highest BCUT2D eigenvalue weighted by molar-refractivity contribution is 7.22. The van der Waals surface area contributed by atoms with E-state index in [9.17, 15) is 0 Å². The molecule has 2 aromatic rings. The van der Waals surface area contributed by atoms with Crippen molar-refractivity contribution in [2.24, 2.45) is 5.92 Å². The van der Waals surface area contributed by atoms with Crippen LogP contribution >= 0.6 is 11.3 Å². The van der Waals surface area contributed by atoms with Crippen molar-refractivity contribution < 1.29 is 0 Å². The SMILES string of the molecule is CC1CNCCC1N(C)c1nc2ccccc2s1. The van der Waals surface area contributed by atoms with Crippen LogP contribution in [-0.2, 0) is 0 Å². The van der Waals surface area contributed by atoms with Crippen molar-refractivity contribution in [3.05, 3.63) is 24.3 Å². The molecule has 0 radical (unpaired) electrons. The summed E-state index contributed by atoms with van der Waals surface area (Å²) in [5.41, 5.74) is 1.12. The van der Waals surface area contributed by atoms with Crippen molar-refractivity contribution in [3.63, 3.8) is 0 Å². The first-order valence-electron chi connectivity index (χ1n) is 6.55. The first-order valence-corrected chi connectivity index (χ1v) is 7.36. The molecule has 4 heteroatoms. The van der Waals surface area contributed by atoms with Gasteiger partial charge in [-0.2, -0.15) is 0 Å². The highest BCUT2D eigenvalue weighted by Crippen LogP contribution is 2.31. The molecule has 1 N–H and O–H groups in total. The summed E-state index contributed by atoms with van der Waals surface area (Å²) < 4.78 is 1.28. The molecule has 2 unspecified atom stereocenters. The number of benzene rings is 1. The molecule has 2 heterocycles. The molecule has 1 aliphatic heterocycles. The van der Waals surface area contributed by atoms with Gasteiger partial charge in [-0.1, -0.05) is 30.4 Å². The molecule has 0 saturated carbocycles. The second kappa shape index (κ2) is 4.86. The van der Waals surface area contributed by atoms with E-state index in [1.165, 1.54) is 11.1 Å². The van der Waals surface area contributed by atoms with Crippen LogP contribution in [0, 0.1) is 5.92 Å². The number of rotatable bonds is 2. The van der Waals surface area contributed by atoms with Gasteiger partial charge in [-0.25, -0.2) is 4.98 Å². The second-order valence-corrected chi connectivity index (χ2v) is 6.12. The van der Waals surface area contributed by atoms with Crippen LogP contribution in [0.5, 0.6) is 0 Å². The molecule has 1 aromatic heterocycles. The van der Waals surface area contributed by atoms with E-state index in [0.717, 1.165) is 23.7 Å². The standard InChI is InChI=1S/C14H19N3S/c1-10-9-15-8-7-12(10)17(2)14-16-11-5-3-4-6-13(11)18-14/h3-6,10,12,15H,7-9H2,1-2H3. The molecule has 1 fully saturated rings. The van der Waals surface area contributed by atoms with Gasteiger partial charge in [-0.3, -0.25) is 0 Å². The van der Waals surface area contributed by atoms with Crippen LogP contribution in [-0.4, -0.2) is 31.2 Å². The predicted octanol–water partition coefficient (Wildman–Crippen LogP) is 2.73. The molecule has 0 bridgehead atoms. The van der Waals surface area contributed by atoms with Crippen molar-refractivity contribution in [3.8, 4) is 0 Å². The average Bonchev–Trinajstić information content (AvgIpc) is 2.82. The Balaban J connectivity index is 1.88. The molecule has 0 aliphatic carbocycles. The number of nitrogens with one attached hydrogen (secondary N) is 1. The summed E-state index contributed by atoms with van der Waals surface area (Å²) in [4.78, 5) is 7.12. The molecule has 3 rings (SSSR count). The fourth-order valence-electron chi connectivity index (χ4n) is 2.73. The zero-order chi connectivity index (χ0) is 12.5.